The second kappa shape index (κ2) is 11.4. The zero-order chi connectivity index (χ0) is 17.8. The van der Waals surface area contributed by atoms with E-state index < -0.39 is 0 Å². The summed E-state index contributed by atoms with van der Waals surface area (Å²) in [7, 11) is 4.84. The van der Waals surface area contributed by atoms with Crippen molar-refractivity contribution in [2.75, 3.05) is 34.4 Å². The third-order valence-corrected chi connectivity index (χ3v) is 3.78. The van der Waals surface area contributed by atoms with E-state index in [1.54, 1.807) is 21.3 Å². The first kappa shape index (κ1) is 19.9. The minimum Gasteiger partial charge on any atom is -0.493 e. The minimum absolute atomic E-state index is 0.492. The number of hydrogen-bond acceptors (Lipinski definition) is 4. The van der Waals surface area contributed by atoms with Crippen molar-refractivity contribution in [3.05, 3.63) is 17.7 Å². The standard InChI is InChI=1S/C18H31N3O3/c1-5-6-7-8-12-20-18(19)21-13-11-14-9-10-15(22-2)17(24-4)16(14)23-3/h9-10H,5-8,11-13H2,1-4H3,(H3,19,20,21). The van der Waals surface area contributed by atoms with E-state index in [0.29, 0.717) is 29.8 Å². The maximum Gasteiger partial charge on any atom is 0.203 e. The van der Waals surface area contributed by atoms with Gasteiger partial charge in [-0.25, -0.2) is 0 Å². The van der Waals surface area contributed by atoms with Crippen LogP contribution in [0.15, 0.2) is 17.1 Å². The van der Waals surface area contributed by atoms with Crippen LogP contribution in [0.4, 0.5) is 0 Å². The van der Waals surface area contributed by atoms with Gasteiger partial charge in [0, 0.05) is 18.7 Å². The van der Waals surface area contributed by atoms with E-state index in [9.17, 15) is 0 Å². The molecular formula is C18H31N3O3. The molecule has 0 fully saturated rings. The fraction of sp³-hybridized carbons (Fsp3) is 0.611. The molecule has 6 heteroatoms. The third kappa shape index (κ3) is 6.18. The van der Waals surface area contributed by atoms with E-state index in [2.05, 4.69) is 17.2 Å². The third-order valence-electron chi connectivity index (χ3n) is 3.78. The maximum absolute atomic E-state index is 5.89. The average molecular weight is 337 g/mol. The highest BCUT2D eigenvalue weighted by Crippen LogP contribution is 2.39. The lowest BCUT2D eigenvalue weighted by Gasteiger charge is -2.16. The summed E-state index contributed by atoms with van der Waals surface area (Å²) in [6, 6.07) is 3.85. The highest BCUT2D eigenvalue weighted by molar-refractivity contribution is 5.77. The highest BCUT2D eigenvalue weighted by atomic mass is 16.5. The van der Waals surface area contributed by atoms with Gasteiger partial charge in [-0.2, -0.15) is 0 Å². The smallest absolute Gasteiger partial charge is 0.203 e. The van der Waals surface area contributed by atoms with Crippen LogP contribution in [-0.2, 0) is 6.42 Å². The van der Waals surface area contributed by atoms with Crippen LogP contribution < -0.4 is 25.3 Å². The summed E-state index contributed by atoms with van der Waals surface area (Å²) in [6.45, 7) is 3.65. The molecule has 0 unspecified atom stereocenters. The van der Waals surface area contributed by atoms with Gasteiger partial charge in [0.05, 0.1) is 21.3 Å². The number of nitrogens with zero attached hydrogens (tertiary/aromatic N) is 1. The van der Waals surface area contributed by atoms with Crippen molar-refractivity contribution >= 4 is 5.96 Å². The van der Waals surface area contributed by atoms with Crippen LogP contribution in [0, 0.1) is 0 Å². The van der Waals surface area contributed by atoms with Gasteiger partial charge in [-0.05, 0) is 18.9 Å². The summed E-state index contributed by atoms with van der Waals surface area (Å²) in [5, 5.41) is 3.14. The molecular weight excluding hydrogens is 306 g/mol. The predicted molar refractivity (Wildman–Crippen MR) is 98.4 cm³/mol. The van der Waals surface area contributed by atoms with Crippen LogP contribution in [0.3, 0.4) is 0 Å². The quantitative estimate of drug-likeness (QED) is 0.369. The van der Waals surface area contributed by atoms with Crippen LogP contribution >= 0.6 is 0 Å². The molecule has 1 aromatic carbocycles. The van der Waals surface area contributed by atoms with Crippen LogP contribution in [0.25, 0.3) is 0 Å². The molecule has 136 valence electrons. The summed E-state index contributed by atoms with van der Waals surface area (Å²) >= 11 is 0. The van der Waals surface area contributed by atoms with Gasteiger partial charge in [0.2, 0.25) is 5.75 Å². The molecule has 0 radical (unpaired) electrons. The van der Waals surface area contributed by atoms with Gasteiger partial charge >= 0.3 is 0 Å². The zero-order valence-electron chi connectivity index (χ0n) is 15.4. The monoisotopic (exact) mass is 337 g/mol. The zero-order valence-corrected chi connectivity index (χ0v) is 15.4. The molecule has 3 N–H and O–H groups in total. The van der Waals surface area contributed by atoms with Crippen molar-refractivity contribution in [1.82, 2.24) is 5.32 Å². The van der Waals surface area contributed by atoms with Crippen LogP contribution in [-0.4, -0.2) is 40.4 Å². The molecule has 0 saturated carbocycles. The number of nitrogens with two attached hydrogens (primary N) is 1. The Labute approximate surface area is 145 Å². The van der Waals surface area contributed by atoms with Crippen molar-refractivity contribution in [2.24, 2.45) is 10.7 Å². The number of guanidine groups is 1. The lowest BCUT2D eigenvalue weighted by atomic mass is 10.1. The second-order valence-corrected chi connectivity index (χ2v) is 5.50. The number of rotatable bonds is 11. The highest BCUT2D eigenvalue weighted by Gasteiger charge is 2.15. The van der Waals surface area contributed by atoms with Gasteiger partial charge in [0.15, 0.2) is 17.5 Å². The van der Waals surface area contributed by atoms with Gasteiger partial charge in [-0.3, -0.25) is 4.99 Å². The second-order valence-electron chi connectivity index (χ2n) is 5.50. The molecule has 0 aliphatic carbocycles. The molecule has 0 saturated heterocycles. The van der Waals surface area contributed by atoms with E-state index in [4.69, 9.17) is 19.9 Å². The van der Waals surface area contributed by atoms with Gasteiger partial charge in [-0.1, -0.05) is 32.3 Å². The first-order valence-corrected chi connectivity index (χ1v) is 8.49. The molecule has 0 bridgehead atoms. The predicted octanol–water partition coefficient (Wildman–Crippen LogP) is 2.74. The molecule has 0 atom stereocenters. The number of aliphatic imine (C=N–C) groups is 1. The van der Waals surface area contributed by atoms with E-state index in [1.807, 2.05) is 12.1 Å². The van der Waals surface area contributed by atoms with E-state index in [1.165, 1.54) is 19.3 Å². The summed E-state index contributed by atoms with van der Waals surface area (Å²) in [4.78, 5) is 4.34. The summed E-state index contributed by atoms with van der Waals surface area (Å²) in [6.07, 6.45) is 5.51. The van der Waals surface area contributed by atoms with Crippen LogP contribution in [0.5, 0.6) is 17.2 Å². The SMILES string of the molecule is CCCCCCN=C(N)NCCc1ccc(OC)c(OC)c1OC. The van der Waals surface area contributed by atoms with E-state index in [0.717, 1.165) is 24.9 Å². The van der Waals surface area contributed by atoms with E-state index >= 15 is 0 Å². The first-order valence-electron chi connectivity index (χ1n) is 8.49. The molecule has 1 aromatic rings. The number of unbranched alkanes of at least 4 members (excludes halogenated alkanes) is 3. The van der Waals surface area contributed by atoms with Crippen molar-refractivity contribution < 1.29 is 14.2 Å². The van der Waals surface area contributed by atoms with Crippen molar-refractivity contribution in [1.29, 1.82) is 0 Å². The molecule has 0 aliphatic rings. The number of hydrogen-bond donors (Lipinski definition) is 2. The maximum atomic E-state index is 5.89. The molecule has 6 nitrogen and oxygen atoms in total. The van der Waals surface area contributed by atoms with Gasteiger partial charge in [-0.15, -0.1) is 0 Å². The lowest BCUT2D eigenvalue weighted by molar-refractivity contribution is 0.322. The largest absolute Gasteiger partial charge is 0.493 e. The van der Waals surface area contributed by atoms with Crippen LogP contribution in [0.2, 0.25) is 0 Å². The molecule has 0 aromatic heterocycles. The van der Waals surface area contributed by atoms with Crippen molar-refractivity contribution in [2.45, 2.75) is 39.0 Å². The summed E-state index contributed by atoms with van der Waals surface area (Å²) < 4.78 is 16.2. The number of methoxy groups -OCH3 is 3. The molecule has 0 spiro atoms. The Morgan fingerprint density at radius 2 is 1.79 bits per heavy atom. The minimum atomic E-state index is 0.492. The summed E-state index contributed by atoms with van der Waals surface area (Å²) in [5.41, 5.74) is 6.91. The summed E-state index contributed by atoms with van der Waals surface area (Å²) in [5.74, 6) is 2.44. The Bertz CT molecular complexity index is 518. The first-order chi connectivity index (χ1) is 11.7. The Balaban J connectivity index is 2.54. The molecule has 24 heavy (non-hydrogen) atoms. The molecule has 0 aliphatic heterocycles. The van der Waals surface area contributed by atoms with Gasteiger partial charge in [0.25, 0.3) is 0 Å². The van der Waals surface area contributed by atoms with Crippen LogP contribution in [0.1, 0.15) is 38.2 Å². The Morgan fingerprint density at radius 1 is 1.04 bits per heavy atom. The number of benzene rings is 1. The molecule has 0 heterocycles. The Hall–Kier alpha value is -2.11. The normalized spacial score (nSPS) is 11.2. The average Bonchev–Trinajstić information content (AvgIpc) is 2.60. The number of nitrogens with one attached hydrogen (secondary N) is 1. The Morgan fingerprint density at radius 3 is 2.42 bits per heavy atom. The lowest BCUT2D eigenvalue weighted by Crippen LogP contribution is -2.33. The Kier molecular flexibility index (Phi) is 9.49. The molecule has 0 amide bonds. The fourth-order valence-electron chi connectivity index (χ4n) is 2.48. The van der Waals surface area contributed by atoms with Gasteiger partial charge in [0.1, 0.15) is 0 Å². The topological polar surface area (TPSA) is 78.1 Å². The van der Waals surface area contributed by atoms with E-state index in [-0.39, 0.29) is 0 Å². The number of ether oxygens (including phenoxy) is 3. The molecule has 1 rings (SSSR count). The van der Waals surface area contributed by atoms with Crippen molar-refractivity contribution in [3.8, 4) is 17.2 Å². The van der Waals surface area contributed by atoms with Crippen molar-refractivity contribution in [3.63, 3.8) is 0 Å². The fourth-order valence-corrected chi connectivity index (χ4v) is 2.48. The van der Waals surface area contributed by atoms with Gasteiger partial charge < -0.3 is 25.3 Å².